The topological polar surface area (TPSA) is 61.8 Å². The minimum atomic E-state index is -0.144. The lowest BCUT2D eigenvalue weighted by Crippen LogP contribution is -2.29. The Morgan fingerprint density at radius 2 is 1.70 bits per heavy atom. The van der Waals surface area contributed by atoms with Crippen LogP contribution in [-0.2, 0) is 16.0 Å². The number of amidine groups is 1. The number of hydrazone groups is 1. The molecule has 0 radical (unpaired) electrons. The first-order valence-corrected chi connectivity index (χ1v) is 7.51. The Kier molecular flexibility index (Phi) is 4.47. The van der Waals surface area contributed by atoms with Gasteiger partial charge in [0.05, 0.1) is 12.1 Å². The van der Waals surface area contributed by atoms with Gasteiger partial charge in [0.25, 0.3) is 5.91 Å². The molecule has 2 aromatic carbocycles. The van der Waals surface area contributed by atoms with E-state index in [1.54, 1.807) is 0 Å². The van der Waals surface area contributed by atoms with Crippen LogP contribution in [0, 0.1) is 0 Å². The highest BCUT2D eigenvalue weighted by Gasteiger charge is 2.26. The molecule has 0 atom stereocenters. The molecule has 0 unspecified atom stereocenters. The molecule has 2 amide bonds. The van der Waals surface area contributed by atoms with E-state index >= 15 is 0 Å². The zero-order chi connectivity index (χ0) is 16.1. The van der Waals surface area contributed by atoms with Crippen LogP contribution in [0.3, 0.4) is 0 Å². The average Bonchev–Trinajstić information content (AvgIpc) is 2.95. The van der Waals surface area contributed by atoms with Gasteiger partial charge in [-0.2, -0.15) is 10.1 Å². The van der Waals surface area contributed by atoms with Crippen LogP contribution in [0.25, 0.3) is 0 Å². The van der Waals surface area contributed by atoms with E-state index in [0.29, 0.717) is 24.4 Å². The Morgan fingerprint density at radius 3 is 2.39 bits per heavy atom. The highest BCUT2D eigenvalue weighted by atomic mass is 16.2. The maximum absolute atomic E-state index is 12.0. The van der Waals surface area contributed by atoms with Gasteiger partial charge >= 0.3 is 0 Å². The van der Waals surface area contributed by atoms with Gasteiger partial charge in [-0.05, 0) is 24.1 Å². The molecular weight excluding hydrogens is 290 g/mol. The van der Waals surface area contributed by atoms with Crippen LogP contribution in [0.15, 0.2) is 65.8 Å². The third-order valence-corrected chi connectivity index (χ3v) is 3.54. The van der Waals surface area contributed by atoms with Crippen molar-refractivity contribution in [2.75, 3.05) is 5.01 Å². The number of benzene rings is 2. The normalized spacial score (nSPS) is 13.8. The maximum Gasteiger partial charge on any atom is 0.255 e. The highest BCUT2D eigenvalue weighted by molar-refractivity contribution is 6.15. The second-order valence-electron chi connectivity index (χ2n) is 5.30. The monoisotopic (exact) mass is 307 g/mol. The Bertz CT molecular complexity index is 726. The SMILES string of the molecule is O=C(CCc1ccccc1)NC1=NN(c2ccccc2)C(=O)C1. The highest BCUT2D eigenvalue weighted by Crippen LogP contribution is 2.19. The summed E-state index contributed by atoms with van der Waals surface area (Å²) < 4.78 is 0. The molecule has 5 heteroatoms. The minimum absolute atomic E-state index is 0.117. The summed E-state index contributed by atoms with van der Waals surface area (Å²) in [6.07, 6.45) is 1.14. The van der Waals surface area contributed by atoms with Gasteiger partial charge in [0.2, 0.25) is 5.91 Å². The molecule has 0 bridgehead atoms. The van der Waals surface area contributed by atoms with E-state index < -0.39 is 0 Å². The summed E-state index contributed by atoms with van der Waals surface area (Å²) in [5.41, 5.74) is 1.81. The number of amides is 2. The lowest BCUT2D eigenvalue weighted by molar-refractivity contribution is -0.119. The van der Waals surface area contributed by atoms with E-state index in [-0.39, 0.29) is 18.2 Å². The van der Waals surface area contributed by atoms with Crippen LogP contribution in [0.1, 0.15) is 18.4 Å². The average molecular weight is 307 g/mol. The summed E-state index contributed by atoms with van der Waals surface area (Å²) in [6, 6.07) is 19.0. The smallest absolute Gasteiger partial charge is 0.255 e. The van der Waals surface area contributed by atoms with Gasteiger partial charge in [-0.1, -0.05) is 48.5 Å². The third kappa shape index (κ3) is 3.83. The quantitative estimate of drug-likeness (QED) is 0.943. The molecule has 0 aromatic heterocycles. The van der Waals surface area contributed by atoms with Crippen molar-refractivity contribution in [1.29, 1.82) is 0 Å². The van der Waals surface area contributed by atoms with Crippen molar-refractivity contribution in [3.63, 3.8) is 0 Å². The van der Waals surface area contributed by atoms with Crippen LogP contribution >= 0.6 is 0 Å². The number of nitrogens with zero attached hydrogens (tertiary/aromatic N) is 2. The molecule has 2 aromatic rings. The maximum atomic E-state index is 12.0. The number of anilines is 1. The summed E-state index contributed by atoms with van der Waals surface area (Å²) in [6.45, 7) is 0. The molecule has 0 aliphatic carbocycles. The van der Waals surface area contributed by atoms with Crippen molar-refractivity contribution in [3.8, 4) is 0 Å². The first-order chi connectivity index (χ1) is 11.2. The molecule has 23 heavy (non-hydrogen) atoms. The predicted octanol–water partition coefficient (Wildman–Crippen LogP) is 2.49. The lowest BCUT2D eigenvalue weighted by Gasteiger charge is -2.10. The lowest BCUT2D eigenvalue weighted by atomic mass is 10.1. The first-order valence-electron chi connectivity index (χ1n) is 7.51. The number of hydrogen-bond acceptors (Lipinski definition) is 3. The zero-order valence-electron chi connectivity index (χ0n) is 12.6. The van der Waals surface area contributed by atoms with Crippen molar-refractivity contribution in [2.45, 2.75) is 19.3 Å². The van der Waals surface area contributed by atoms with Crippen molar-refractivity contribution in [1.82, 2.24) is 5.32 Å². The molecule has 116 valence electrons. The molecule has 3 rings (SSSR count). The molecule has 0 spiro atoms. The van der Waals surface area contributed by atoms with Gasteiger partial charge < -0.3 is 5.32 Å². The van der Waals surface area contributed by atoms with Crippen LogP contribution < -0.4 is 10.3 Å². The number of carbonyl (C=O) groups is 2. The van der Waals surface area contributed by atoms with Gasteiger partial charge in [0, 0.05) is 6.42 Å². The summed E-state index contributed by atoms with van der Waals surface area (Å²) >= 11 is 0. The largest absolute Gasteiger partial charge is 0.312 e. The number of hydrogen-bond donors (Lipinski definition) is 1. The molecule has 0 fully saturated rings. The fraction of sp³-hybridized carbons (Fsp3) is 0.167. The Labute approximate surface area is 134 Å². The van der Waals surface area contributed by atoms with E-state index in [1.165, 1.54) is 5.01 Å². The standard InChI is InChI=1S/C18H17N3O2/c22-17(12-11-14-7-3-1-4-8-14)19-16-13-18(23)21(20-16)15-9-5-2-6-10-15/h1-10H,11-13H2,(H,19,20,22). The molecule has 1 N–H and O–H groups in total. The van der Waals surface area contributed by atoms with Crippen LogP contribution in [0.2, 0.25) is 0 Å². The second kappa shape index (κ2) is 6.87. The number of aryl methyl sites for hydroxylation is 1. The van der Waals surface area contributed by atoms with Crippen LogP contribution in [-0.4, -0.2) is 17.6 Å². The van der Waals surface area contributed by atoms with E-state index in [1.807, 2.05) is 60.7 Å². The molecule has 1 aliphatic heterocycles. The molecule has 5 nitrogen and oxygen atoms in total. The van der Waals surface area contributed by atoms with Gasteiger partial charge in [-0.15, -0.1) is 0 Å². The Hall–Kier alpha value is -2.95. The summed E-state index contributed by atoms with van der Waals surface area (Å²) in [5.74, 6) is 0.127. The van der Waals surface area contributed by atoms with E-state index in [0.717, 1.165) is 5.56 Å². The number of nitrogens with one attached hydrogen (secondary N) is 1. The summed E-state index contributed by atoms with van der Waals surface area (Å²) in [4.78, 5) is 24.0. The van der Waals surface area contributed by atoms with Crippen molar-refractivity contribution in [2.24, 2.45) is 5.10 Å². The number of rotatable bonds is 4. The fourth-order valence-corrected chi connectivity index (χ4v) is 2.40. The van der Waals surface area contributed by atoms with E-state index in [4.69, 9.17) is 0 Å². The molecule has 1 aliphatic rings. The number of para-hydroxylation sites is 1. The predicted molar refractivity (Wildman–Crippen MR) is 88.9 cm³/mol. The first kappa shape index (κ1) is 15.0. The van der Waals surface area contributed by atoms with Gasteiger partial charge in [-0.3, -0.25) is 9.59 Å². The molecular formula is C18H17N3O2. The van der Waals surface area contributed by atoms with Crippen molar-refractivity contribution in [3.05, 3.63) is 66.2 Å². The van der Waals surface area contributed by atoms with Gasteiger partial charge in [0.1, 0.15) is 5.84 Å². The minimum Gasteiger partial charge on any atom is -0.312 e. The molecule has 0 saturated heterocycles. The van der Waals surface area contributed by atoms with Gasteiger partial charge in [-0.25, -0.2) is 0 Å². The van der Waals surface area contributed by atoms with Crippen LogP contribution in [0.4, 0.5) is 5.69 Å². The summed E-state index contributed by atoms with van der Waals surface area (Å²) in [5, 5.41) is 8.26. The Morgan fingerprint density at radius 1 is 1.04 bits per heavy atom. The molecule has 0 saturated carbocycles. The van der Waals surface area contributed by atoms with Gasteiger partial charge in [0.15, 0.2) is 0 Å². The van der Waals surface area contributed by atoms with E-state index in [2.05, 4.69) is 10.4 Å². The zero-order valence-corrected chi connectivity index (χ0v) is 12.6. The van der Waals surface area contributed by atoms with Crippen molar-refractivity contribution >= 4 is 23.3 Å². The number of carbonyl (C=O) groups excluding carboxylic acids is 2. The molecule has 1 heterocycles. The summed E-state index contributed by atoms with van der Waals surface area (Å²) in [7, 11) is 0. The fourth-order valence-electron chi connectivity index (χ4n) is 2.40. The van der Waals surface area contributed by atoms with Crippen LogP contribution in [0.5, 0.6) is 0 Å². The van der Waals surface area contributed by atoms with E-state index in [9.17, 15) is 9.59 Å². The Balaban J connectivity index is 1.58. The van der Waals surface area contributed by atoms with Crippen molar-refractivity contribution < 1.29 is 9.59 Å². The third-order valence-electron chi connectivity index (χ3n) is 3.54. The second-order valence-corrected chi connectivity index (χ2v) is 5.30.